The molecule has 0 aliphatic heterocycles. The van der Waals surface area contributed by atoms with E-state index in [2.05, 4.69) is 24.4 Å². The molecule has 6 nitrogen and oxygen atoms in total. The third-order valence-corrected chi connectivity index (χ3v) is 3.79. The van der Waals surface area contributed by atoms with Crippen molar-refractivity contribution in [2.24, 2.45) is 0 Å². The number of ether oxygens (including phenoxy) is 1. The Bertz CT molecular complexity index is 690. The van der Waals surface area contributed by atoms with Crippen LogP contribution < -0.4 is 10.1 Å². The summed E-state index contributed by atoms with van der Waals surface area (Å²) < 4.78 is 5.43. The van der Waals surface area contributed by atoms with E-state index in [1.54, 1.807) is 12.1 Å². The van der Waals surface area contributed by atoms with E-state index in [4.69, 9.17) is 4.74 Å². The van der Waals surface area contributed by atoms with Crippen LogP contribution in [0.5, 0.6) is 5.75 Å². The Morgan fingerprint density at radius 1 is 1.25 bits per heavy atom. The van der Waals surface area contributed by atoms with Crippen molar-refractivity contribution in [3.63, 3.8) is 0 Å². The minimum absolute atomic E-state index is 0.0340. The van der Waals surface area contributed by atoms with Gasteiger partial charge in [-0.2, -0.15) is 0 Å². The van der Waals surface area contributed by atoms with Crippen molar-refractivity contribution < 1.29 is 14.8 Å². The standard InChI is InChI=1S/C18H22N2O4/c1-13-6-3-4-9-18(13)14(2)19-11-16(21)12-24-17-8-5-7-15(10-17)20(22)23/h3-10,14,16,19,21H,11-12H2,1-2H3/t14-,16+/m0/s1. The number of aliphatic hydroxyl groups is 1. The van der Waals surface area contributed by atoms with Crippen molar-refractivity contribution in [2.45, 2.75) is 26.0 Å². The molecule has 0 unspecified atom stereocenters. The summed E-state index contributed by atoms with van der Waals surface area (Å²) in [7, 11) is 0. The molecule has 2 aromatic rings. The predicted octanol–water partition coefficient (Wildman–Crippen LogP) is 2.99. The topological polar surface area (TPSA) is 84.6 Å². The molecule has 0 saturated carbocycles. The van der Waals surface area contributed by atoms with Gasteiger partial charge in [0.1, 0.15) is 18.5 Å². The number of nitro benzene ring substituents is 1. The fourth-order valence-corrected chi connectivity index (χ4v) is 2.43. The van der Waals surface area contributed by atoms with Crippen LogP contribution in [0.25, 0.3) is 0 Å². The third kappa shape index (κ3) is 5.04. The summed E-state index contributed by atoms with van der Waals surface area (Å²) in [5, 5.41) is 24.0. The fraction of sp³-hybridized carbons (Fsp3) is 0.333. The van der Waals surface area contributed by atoms with Gasteiger partial charge in [0.15, 0.2) is 0 Å². The van der Waals surface area contributed by atoms with Gasteiger partial charge in [-0.25, -0.2) is 0 Å². The molecule has 0 radical (unpaired) electrons. The molecular formula is C18H22N2O4. The third-order valence-electron chi connectivity index (χ3n) is 3.79. The minimum atomic E-state index is -0.712. The Labute approximate surface area is 141 Å². The number of hydrogen-bond donors (Lipinski definition) is 2. The molecule has 0 spiro atoms. The Morgan fingerprint density at radius 2 is 2.00 bits per heavy atom. The van der Waals surface area contributed by atoms with Crippen LogP contribution in [0.2, 0.25) is 0 Å². The molecule has 0 aliphatic rings. The van der Waals surface area contributed by atoms with Gasteiger partial charge in [-0.05, 0) is 31.0 Å². The lowest BCUT2D eigenvalue weighted by Crippen LogP contribution is -2.33. The van der Waals surface area contributed by atoms with E-state index < -0.39 is 11.0 Å². The molecule has 2 rings (SSSR count). The summed E-state index contributed by atoms with van der Waals surface area (Å²) in [6.45, 7) is 4.52. The molecule has 2 atom stereocenters. The molecule has 6 heteroatoms. The first-order valence-corrected chi connectivity index (χ1v) is 7.81. The average Bonchev–Trinajstić information content (AvgIpc) is 2.58. The van der Waals surface area contributed by atoms with Gasteiger partial charge in [0.05, 0.1) is 11.0 Å². The lowest BCUT2D eigenvalue weighted by Gasteiger charge is -2.19. The maximum atomic E-state index is 10.7. The largest absolute Gasteiger partial charge is 0.491 e. The second kappa shape index (κ2) is 8.42. The van der Waals surface area contributed by atoms with Crippen molar-refractivity contribution >= 4 is 5.69 Å². The number of aryl methyl sites for hydroxylation is 1. The van der Waals surface area contributed by atoms with E-state index in [0.717, 1.165) is 0 Å². The Balaban J connectivity index is 1.81. The van der Waals surface area contributed by atoms with Crippen LogP contribution in [0, 0.1) is 17.0 Å². The number of benzene rings is 2. The first-order chi connectivity index (χ1) is 11.5. The van der Waals surface area contributed by atoms with E-state index in [-0.39, 0.29) is 18.3 Å². The molecule has 24 heavy (non-hydrogen) atoms. The lowest BCUT2D eigenvalue weighted by atomic mass is 10.0. The maximum absolute atomic E-state index is 10.7. The predicted molar refractivity (Wildman–Crippen MR) is 92.2 cm³/mol. The molecule has 0 saturated heterocycles. The lowest BCUT2D eigenvalue weighted by molar-refractivity contribution is -0.384. The highest BCUT2D eigenvalue weighted by Gasteiger charge is 2.12. The van der Waals surface area contributed by atoms with Crippen LogP contribution in [-0.4, -0.2) is 29.3 Å². The second-order valence-corrected chi connectivity index (χ2v) is 5.71. The van der Waals surface area contributed by atoms with E-state index in [9.17, 15) is 15.2 Å². The van der Waals surface area contributed by atoms with E-state index in [0.29, 0.717) is 12.3 Å². The Kier molecular flexibility index (Phi) is 6.28. The highest BCUT2D eigenvalue weighted by Crippen LogP contribution is 2.19. The Morgan fingerprint density at radius 3 is 2.71 bits per heavy atom. The first kappa shape index (κ1) is 17.9. The van der Waals surface area contributed by atoms with Crippen LogP contribution >= 0.6 is 0 Å². The van der Waals surface area contributed by atoms with Crippen LogP contribution in [0.4, 0.5) is 5.69 Å². The number of non-ortho nitro benzene ring substituents is 1. The zero-order chi connectivity index (χ0) is 17.5. The van der Waals surface area contributed by atoms with Crippen molar-refractivity contribution in [2.75, 3.05) is 13.2 Å². The molecule has 0 heterocycles. The molecule has 2 aromatic carbocycles. The van der Waals surface area contributed by atoms with Crippen LogP contribution in [0.15, 0.2) is 48.5 Å². The summed E-state index contributed by atoms with van der Waals surface area (Å²) >= 11 is 0. The quantitative estimate of drug-likeness (QED) is 0.574. The van der Waals surface area contributed by atoms with Gasteiger partial charge in [-0.15, -0.1) is 0 Å². The minimum Gasteiger partial charge on any atom is -0.491 e. The van der Waals surface area contributed by atoms with Crippen LogP contribution in [-0.2, 0) is 0 Å². The average molecular weight is 330 g/mol. The molecule has 0 fully saturated rings. The van der Waals surface area contributed by atoms with Gasteiger partial charge in [-0.3, -0.25) is 10.1 Å². The van der Waals surface area contributed by atoms with Crippen LogP contribution in [0.3, 0.4) is 0 Å². The van der Waals surface area contributed by atoms with Gasteiger partial charge in [-0.1, -0.05) is 30.3 Å². The van der Waals surface area contributed by atoms with Gasteiger partial charge in [0.25, 0.3) is 5.69 Å². The summed E-state index contributed by atoms with van der Waals surface area (Å²) in [6, 6.07) is 14.1. The molecule has 0 aromatic heterocycles. The zero-order valence-electron chi connectivity index (χ0n) is 13.8. The second-order valence-electron chi connectivity index (χ2n) is 5.71. The summed E-state index contributed by atoms with van der Waals surface area (Å²) in [4.78, 5) is 10.2. The summed E-state index contributed by atoms with van der Waals surface area (Å²) in [6.07, 6.45) is -0.712. The smallest absolute Gasteiger partial charge is 0.273 e. The molecular weight excluding hydrogens is 308 g/mol. The highest BCUT2D eigenvalue weighted by molar-refractivity contribution is 5.37. The van der Waals surface area contributed by atoms with Gasteiger partial charge >= 0.3 is 0 Å². The number of aliphatic hydroxyl groups excluding tert-OH is 1. The van der Waals surface area contributed by atoms with Gasteiger partial charge in [0.2, 0.25) is 0 Å². The number of hydrogen-bond acceptors (Lipinski definition) is 5. The monoisotopic (exact) mass is 330 g/mol. The number of rotatable bonds is 8. The van der Waals surface area contributed by atoms with E-state index in [1.165, 1.54) is 23.3 Å². The van der Waals surface area contributed by atoms with E-state index >= 15 is 0 Å². The van der Waals surface area contributed by atoms with Crippen molar-refractivity contribution in [1.82, 2.24) is 5.32 Å². The molecule has 0 bridgehead atoms. The normalized spacial score (nSPS) is 13.3. The molecule has 0 amide bonds. The number of nitrogens with zero attached hydrogens (tertiary/aromatic N) is 1. The van der Waals surface area contributed by atoms with Crippen molar-refractivity contribution in [3.8, 4) is 5.75 Å². The summed E-state index contributed by atoms with van der Waals surface area (Å²) in [5.41, 5.74) is 2.34. The zero-order valence-corrected chi connectivity index (χ0v) is 13.8. The SMILES string of the molecule is Cc1ccccc1[C@H](C)NC[C@@H](O)COc1cccc([N+](=O)[O-])c1. The molecule has 128 valence electrons. The van der Waals surface area contributed by atoms with Crippen molar-refractivity contribution in [3.05, 3.63) is 69.8 Å². The molecule has 2 N–H and O–H groups in total. The van der Waals surface area contributed by atoms with E-state index in [1.807, 2.05) is 19.1 Å². The highest BCUT2D eigenvalue weighted by atomic mass is 16.6. The first-order valence-electron chi connectivity index (χ1n) is 7.81. The van der Waals surface area contributed by atoms with Crippen molar-refractivity contribution in [1.29, 1.82) is 0 Å². The summed E-state index contributed by atoms with van der Waals surface area (Å²) in [5.74, 6) is 0.371. The van der Waals surface area contributed by atoms with Gasteiger partial charge < -0.3 is 15.2 Å². The maximum Gasteiger partial charge on any atom is 0.273 e. The van der Waals surface area contributed by atoms with Gasteiger partial charge in [0, 0.05) is 18.7 Å². The fourth-order valence-electron chi connectivity index (χ4n) is 2.43. The number of nitrogens with one attached hydrogen (secondary N) is 1. The number of nitro groups is 1. The Hall–Kier alpha value is -2.44. The molecule has 0 aliphatic carbocycles. The van der Waals surface area contributed by atoms with Crippen LogP contribution in [0.1, 0.15) is 24.1 Å².